The number of aliphatic hydroxyl groups is 1. The van der Waals surface area contributed by atoms with Gasteiger partial charge < -0.3 is 5.11 Å². The van der Waals surface area contributed by atoms with Crippen molar-refractivity contribution in [3.05, 3.63) is 35.4 Å². The summed E-state index contributed by atoms with van der Waals surface area (Å²) in [7, 11) is 0. The van der Waals surface area contributed by atoms with E-state index in [-0.39, 0.29) is 5.82 Å². The predicted octanol–water partition coefficient (Wildman–Crippen LogP) is 2.46. The van der Waals surface area contributed by atoms with E-state index in [1.54, 1.807) is 26.0 Å². The Labute approximate surface area is 102 Å². The number of nitrogens with zero attached hydrogens (tertiary/aromatic N) is 2. The Morgan fingerprint density at radius 3 is 2.82 bits per heavy atom. The van der Waals surface area contributed by atoms with Gasteiger partial charge in [-0.05, 0) is 37.2 Å². The first-order valence-electron chi connectivity index (χ1n) is 5.11. The van der Waals surface area contributed by atoms with Gasteiger partial charge in [0.2, 0.25) is 5.16 Å². The second-order valence-electron chi connectivity index (χ2n) is 3.64. The molecule has 0 saturated carbocycles. The van der Waals surface area contributed by atoms with Gasteiger partial charge in [0.1, 0.15) is 11.6 Å². The molecule has 4 nitrogen and oxygen atoms in total. The van der Waals surface area contributed by atoms with Crippen molar-refractivity contribution in [2.75, 3.05) is 0 Å². The molecule has 1 heterocycles. The van der Waals surface area contributed by atoms with Crippen molar-refractivity contribution in [1.82, 2.24) is 15.2 Å². The number of benzene rings is 1. The van der Waals surface area contributed by atoms with Crippen LogP contribution in [-0.4, -0.2) is 20.3 Å². The normalized spacial score (nSPS) is 12.7. The topological polar surface area (TPSA) is 61.8 Å². The van der Waals surface area contributed by atoms with Crippen LogP contribution in [0.3, 0.4) is 0 Å². The van der Waals surface area contributed by atoms with Gasteiger partial charge in [-0.15, -0.1) is 5.10 Å². The smallest absolute Gasteiger partial charge is 0.213 e. The maximum Gasteiger partial charge on any atom is 0.213 e. The molecule has 2 rings (SSSR count). The number of hydrogen-bond donors (Lipinski definition) is 2. The van der Waals surface area contributed by atoms with Gasteiger partial charge in [-0.1, -0.05) is 12.1 Å². The molecule has 2 N–H and O–H groups in total. The van der Waals surface area contributed by atoms with Crippen molar-refractivity contribution in [3.63, 3.8) is 0 Å². The number of halogens is 1. The van der Waals surface area contributed by atoms with Gasteiger partial charge in [-0.25, -0.2) is 9.37 Å². The van der Waals surface area contributed by atoms with E-state index in [9.17, 15) is 9.50 Å². The zero-order valence-corrected chi connectivity index (χ0v) is 10.3. The van der Waals surface area contributed by atoms with Crippen molar-refractivity contribution in [1.29, 1.82) is 0 Å². The number of aliphatic hydroxyl groups excluding tert-OH is 1. The molecule has 0 amide bonds. The number of aromatic nitrogens is 3. The molecule has 17 heavy (non-hydrogen) atoms. The molecule has 0 fully saturated rings. The third kappa shape index (κ3) is 2.65. The first-order chi connectivity index (χ1) is 8.08. The van der Waals surface area contributed by atoms with Gasteiger partial charge >= 0.3 is 0 Å². The Kier molecular flexibility index (Phi) is 3.44. The maximum atomic E-state index is 13.7. The van der Waals surface area contributed by atoms with Gasteiger partial charge in [0.25, 0.3) is 0 Å². The molecule has 0 radical (unpaired) electrons. The number of aryl methyl sites for hydroxylation is 1. The van der Waals surface area contributed by atoms with Crippen LogP contribution in [0.2, 0.25) is 0 Å². The summed E-state index contributed by atoms with van der Waals surface area (Å²) in [5.41, 5.74) is 0.539. The zero-order valence-electron chi connectivity index (χ0n) is 9.44. The average molecular weight is 253 g/mol. The summed E-state index contributed by atoms with van der Waals surface area (Å²) in [6.07, 6.45) is -0.728. The minimum absolute atomic E-state index is 0.363. The van der Waals surface area contributed by atoms with Crippen molar-refractivity contribution >= 4 is 11.8 Å². The van der Waals surface area contributed by atoms with Gasteiger partial charge in [0, 0.05) is 0 Å². The van der Waals surface area contributed by atoms with Crippen molar-refractivity contribution in [3.8, 4) is 0 Å². The third-order valence-corrected chi connectivity index (χ3v) is 3.22. The zero-order chi connectivity index (χ0) is 12.4. The summed E-state index contributed by atoms with van der Waals surface area (Å²) in [5.74, 6) is 0.290. The van der Waals surface area contributed by atoms with E-state index in [1.165, 1.54) is 6.07 Å². The van der Waals surface area contributed by atoms with E-state index in [0.29, 0.717) is 21.4 Å². The molecule has 0 aliphatic rings. The largest absolute Gasteiger partial charge is 0.389 e. The van der Waals surface area contributed by atoms with Gasteiger partial charge in [-0.2, -0.15) is 0 Å². The van der Waals surface area contributed by atoms with Crippen LogP contribution >= 0.6 is 11.8 Å². The molecular formula is C11H12FN3OS. The van der Waals surface area contributed by atoms with Gasteiger partial charge in [-0.3, -0.25) is 5.10 Å². The van der Waals surface area contributed by atoms with E-state index in [2.05, 4.69) is 15.2 Å². The van der Waals surface area contributed by atoms with Crippen molar-refractivity contribution in [2.24, 2.45) is 0 Å². The highest BCUT2D eigenvalue weighted by molar-refractivity contribution is 7.99. The minimum Gasteiger partial charge on any atom is -0.389 e. The summed E-state index contributed by atoms with van der Waals surface area (Å²) in [6, 6.07) is 4.62. The molecule has 1 unspecified atom stereocenters. The second kappa shape index (κ2) is 4.85. The molecule has 2 aromatic rings. The second-order valence-corrected chi connectivity index (χ2v) is 4.62. The Morgan fingerprint density at radius 2 is 2.24 bits per heavy atom. The average Bonchev–Trinajstić information content (AvgIpc) is 2.67. The van der Waals surface area contributed by atoms with Crippen LogP contribution in [0.1, 0.15) is 24.4 Å². The molecule has 1 atom stereocenters. The maximum absolute atomic E-state index is 13.7. The molecule has 1 aromatic carbocycles. The van der Waals surface area contributed by atoms with E-state index in [0.717, 1.165) is 11.8 Å². The fourth-order valence-electron chi connectivity index (χ4n) is 1.42. The predicted molar refractivity (Wildman–Crippen MR) is 62.3 cm³/mol. The van der Waals surface area contributed by atoms with Gasteiger partial charge in [0.15, 0.2) is 0 Å². The van der Waals surface area contributed by atoms with E-state index >= 15 is 0 Å². The minimum atomic E-state index is -0.728. The molecule has 0 saturated heterocycles. The summed E-state index contributed by atoms with van der Waals surface area (Å²) in [4.78, 5) is 4.46. The van der Waals surface area contributed by atoms with Crippen LogP contribution in [0.4, 0.5) is 4.39 Å². The van der Waals surface area contributed by atoms with Crippen LogP contribution in [-0.2, 0) is 0 Å². The molecule has 1 aromatic heterocycles. The number of rotatable bonds is 3. The Hall–Kier alpha value is -1.40. The number of aromatic amines is 1. The lowest BCUT2D eigenvalue weighted by Crippen LogP contribution is -1.96. The highest BCUT2D eigenvalue weighted by Gasteiger charge is 2.15. The summed E-state index contributed by atoms with van der Waals surface area (Å²) >= 11 is 1.10. The molecule has 0 spiro atoms. The fraction of sp³-hybridized carbons (Fsp3) is 0.273. The van der Waals surface area contributed by atoms with Crippen molar-refractivity contribution in [2.45, 2.75) is 30.0 Å². The monoisotopic (exact) mass is 253 g/mol. The van der Waals surface area contributed by atoms with E-state index in [1.807, 2.05) is 0 Å². The number of H-pyrrole nitrogens is 1. The molecule has 0 bridgehead atoms. The van der Waals surface area contributed by atoms with Crippen LogP contribution < -0.4 is 0 Å². The lowest BCUT2D eigenvalue weighted by molar-refractivity contribution is 0.195. The highest BCUT2D eigenvalue weighted by atomic mass is 32.2. The highest BCUT2D eigenvalue weighted by Crippen LogP contribution is 2.33. The van der Waals surface area contributed by atoms with Crippen molar-refractivity contribution < 1.29 is 9.50 Å². The fourth-order valence-corrected chi connectivity index (χ4v) is 2.40. The summed E-state index contributed by atoms with van der Waals surface area (Å²) in [5, 5.41) is 16.6. The summed E-state index contributed by atoms with van der Waals surface area (Å²) < 4.78 is 13.7. The first kappa shape index (κ1) is 12.1. The van der Waals surface area contributed by atoms with E-state index < -0.39 is 6.10 Å². The van der Waals surface area contributed by atoms with Crippen LogP contribution in [0.25, 0.3) is 0 Å². The first-order valence-corrected chi connectivity index (χ1v) is 5.93. The lowest BCUT2D eigenvalue weighted by Gasteiger charge is -2.10. The van der Waals surface area contributed by atoms with Crippen LogP contribution in [0, 0.1) is 12.7 Å². The van der Waals surface area contributed by atoms with E-state index in [4.69, 9.17) is 0 Å². The molecule has 0 aliphatic carbocycles. The number of nitrogens with one attached hydrogen (secondary N) is 1. The molecule has 6 heteroatoms. The Morgan fingerprint density at radius 1 is 1.47 bits per heavy atom. The molecular weight excluding hydrogens is 241 g/mol. The third-order valence-electron chi connectivity index (χ3n) is 2.22. The molecule has 0 aliphatic heterocycles. The SMILES string of the molecule is Cc1nc(Sc2c(F)cccc2C(C)O)n[nH]1. The Balaban J connectivity index is 2.37. The summed E-state index contributed by atoms with van der Waals surface area (Å²) in [6.45, 7) is 3.37. The van der Waals surface area contributed by atoms with Gasteiger partial charge in [0.05, 0.1) is 11.0 Å². The lowest BCUT2D eigenvalue weighted by atomic mass is 10.1. The van der Waals surface area contributed by atoms with Crippen LogP contribution in [0.5, 0.6) is 0 Å². The standard InChI is InChI=1S/C11H12FN3OS/c1-6(16)8-4-3-5-9(12)10(8)17-11-13-7(2)14-15-11/h3-6,16H,1-2H3,(H,13,14,15). The Bertz CT molecular complexity index is 527. The number of hydrogen-bond acceptors (Lipinski definition) is 4. The molecule has 90 valence electrons. The van der Waals surface area contributed by atoms with Crippen LogP contribution in [0.15, 0.2) is 28.3 Å². The quantitative estimate of drug-likeness (QED) is 0.882.